The topological polar surface area (TPSA) is 99.6 Å². The molecule has 0 radical (unpaired) electrons. The fourth-order valence-electron chi connectivity index (χ4n) is 3.16. The first-order chi connectivity index (χ1) is 13.0. The molecule has 0 saturated heterocycles. The molecule has 0 saturated carbocycles. The SMILES string of the molecule is Cc1nc(-c2nccs2)nc(-n2cc(C(C)C)c3cccnc32)c1C(N)=O. The van der Waals surface area contributed by atoms with Gasteiger partial charge in [-0.25, -0.2) is 19.9 Å². The lowest BCUT2D eigenvalue weighted by Gasteiger charge is -2.12. The van der Waals surface area contributed by atoms with E-state index in [1.807, 2.05) is 28.3 Å². The van der Waals surface area contributed by atoms with E-state index in [1.54, 1.807) is 19.3 Å². The molecule has 27 heavy (non-hydrogen) atoms. The van der Waals surface area contributed by atoms with Gasteiger partial charge in [-0.15, -0.1) is 11.3 Å². The number of amides is 1. The lowest BCUT2D eigenvalue weighted by molar-refractivity contribution is 0.0999. The largest absolute Gasteiger partial charge is 0.365 e. The Kier molecular flexibility index (Phi) is 4.19. The van der Waals surface area contributed by atoms with E-state index in [0.29, 0.717) is 22.3 Å². The lowest BCUT2D eigenvalue weighted by Crippen LogP contribution is -2.19. The number of thiazole rings is 1. The first-order valence-corrected chi connectivity index (χ1v) is 9.40. The Labute approximate surface area is 159 Å². The van der Waals surface area contributed by atoms with Crippen molar-refractivity contribution in [2.45, 2.75) is 26.7 Å². The minimum Gasteiger partial charge on any atom is -0.365 e. The van der Waals surface area contributed by atoms with Crippen molar-refractivity contribution in [3.05, 3.63) is 52.9 Å². The van der Waals surface area contributed by atoms with Crippen LogP contribution in [0.15, 0.2) is 36.1 Å². The van der Waals surface area contributed by atoms with Gasteiger partial charge >= 0.3 is 0 Å². The van der Waals surface area contributed by atoms with Gasteiger partial charge in [-0.3, -0.25) is 9.36 Å². The van der Waals surface area contributed by atoms with Gasteiger partial charge in [0.15, 0.2) is 16.6 Å². The number of hydrogen-bond donors (Lipinski definition) is 1. The summed E-state index contributed by atoms with van der Waals surface area (Å²) in [7, 11) is 0. The molecule has 0 unspecified atom stereocenters. The summed E-state index contributed by atoms with van der Waals surface area (Å²) >= 11 is 1.44. The van der Waals surface area contributed by atoms with E-state index >= 15 is 0 Å². The highest BCUT2D eigenvalue weighted by molar-refractivity contribution is 7.13. The molecule has 4 heterocycles. The van der Waals surface area contributed by atoms with Crippen molar-refractivity contribution in [2.75, 3.05) is 0 Å². The number of nitrogens with two attached hydrogens (primary N) is 1. The molecule has 8 heteroatoms. The number of rotatable bonds is 4. The predicted molar refractivity (Wildman–Crippen MR) is 105 cm³/mol. The van der Waals surface area contributed by atoms with Gasteiger partial charge in [0.2, 0.25) is 0 Å². The van der Waals surface area contributed by atoms with Gasteiger partial charge < -0.3 is 5.73 Å². The summed E-state index contributed by atoms with van der Waals surface area (Å²) in [6.07, 6.45) is 5.40. The molecule has 0 aliphatic carbocycles. The summed E-state index contributed by atoms with van der Waals surface area (Å²) in [6, 6.07) is 3.92. The Morgan fingerprint density at radius 2 is 2.04 bits per heavy atom. The van der Waals surface area contributed by atoms with E-state index in [0.717, 1.165) is 16.6 Å². The molecule has 0 fully saturated rings. The average Bonchev–Trinajstić information content (AvgIpc) is 3.28. The first-order valence-electron chi connectivity index (χ1n) is 8.52. The Bertz CT molecular complexity index is 1150. The van der Waals surface area contributed by atoms with Crippen LogP contribution < -0.4 is 5.73 Å². The third-order valence-corrected chi connectivity index (χ3v) is 5.15. The second kappa shape index (κ2) is 6.55. The number of primary amides is 1. The van der Waals surface area contributed by atoms with E-state index in [4.69, 9.17) is 5.73 Å². The number of carbonyl (C=O) groups is 1. The number of aryl methyl sites for hydroxylation is 1. The molecule has 0 aromatic carbocycles. The molecule has 1 amide bonds. The van der Waals surface area contributed by atoms with Crippen molar-refractivity contribution in [3.8, 4) is 16.6 Å². The highest BCUT2D eigenvalue weighted by Gasteiger charge is 2.22. The minimum absolute atomic E-state index is 0.285. The third-order valence-electron chi connectivity index (χ3n) is 4.39. The van der Waals surface area contributed by atoms with Gasteiger partial charge in [0.05, 0.1) is 5.69 Å². The summed E-state index contributed by atoms with van der Waals surface area (Å²) in [5.41, 5.74) is 8.32. The third kappa shape index (κ3) is 2.87. The second-order valence-corrected chi connectivity index (χ2v) is 7.41. The normalized spacial score (nSPS) is 11.4. The minimum atomic E-state index is -0.572. The van der Waals surface area contributed by atoms with E-state index in [-0.39, 0.29) is 11.5 Å². The lowest BCUT2D eigenvalue weighted by atomic mass is 10.0. The highest BCUT2D eigenvalue weighted by Crippen LogP contribution is 2.30. The predicted octanol–water partition coefficient (Wildman–Crippen LogP) is 3.47. The van der Waals surface area contributed by atoms with Gasteiger partial charge in [-0.05, 0) is 30.5 Å². The van der Waals surface area contributed by atoms with Crippen molar-refractivity contribution in [1.82, 2.24) is 24.5 Å². The van der Waals surface area contributed by atoms with Gasteiger partial charge in [0.1, 0.15) is 11.2 Å². The summed E-state index contributed by atoms with van der Waals surface area (Å²) < 4.78 is 1.83. The number of hydrogen-bond acceptors (Lipinski definition) is 6. The second-order valence-electron chi connectivity index (χ2n) is 6.52. The molecular formula is C19H18N6OS. The zero-order valence-electron chi connectivity index (χ0n) is 15.2. The number of fused-ring (bicyclic) bond motifs is 1. The molecular weight excluding hydrogens is 360 g/mol. The van der Waals surface area contributed by atoms with Crippen LogP contribution in [0.3, 0.4) is 0 Å². The van der Waals surface area contributed by atoms with Crippen LogP contribution in [0.4, 0.5) is 0 Å². The summed E-state index contributed by atoms with van der Waals surface area (Å²) in [4.78, 5) is 30.1. The van der Waals surface area contributed by atoms with Crippen LogP contribution in [-0.4, -0.2) is 30.4 Å². The maximum atomic E-state index is 12.2. The molecule has 0 aliphatic heterocycles. The van der Waals surface area contributed by atoms with Crippen molar-refractivity contribution in [2.24, 2.45) is 5.73 Å². The van der Waals surface area contributed by atoms with E-state index < -0.39 is 5.91 Å². The summed E-state index contributed by atoms with van der Waals surface area (Å²) in [5.74, 6) is 0.607. The highest BCUT2D eigenvalue weighted by atomic mass is 32.1. The molecule has 0 atom stereocenters. The van der Waals surface area contributed by atoms with Crippen LogP contribution in [0.25, 0.3) is 27.7 Å². The number of aromatic nitrogens is 5. The Balaban J connectivity index is 2.06. The molecule has 0 bridgehead atoms. The Hall–Kier alpha value is -3.13. The van der Waals surface area contributed by atoms with Gasteiger partial charge in [-0.1, -0.05) is 13.8 Å². The maximum absolute atomic E-state index is 12.2. The standard InChI is InChI=1S/C19H18N6OS/c1-10(2)13-9-25(17-12(13)5-4-6-21-17)18-14(15(20)26)11(3)23-16(24-18)19-22-7-8-27-19/h4-10H,1-3H3,(H2,20,26). The first kappa shape index (κ1) is 17.3. The maximum Gasteiger partial charge on any atom is 0.254 e. The zero-order valence-corrected chi connectivity index (χ0v) is 16.0. The van der Waals surface area contributed by atoms with Gasteiger partial charge in [0, 0.05) is 29.4 Å². The number of nitrogens with zero attached hydrogens (tertiary/aromatic N) is 5. The van der Waals surface area contributed by atoms with Crippen LogP contribution in [0.5, 0.6) is 0 Å². The fourth-order valence-corrected chi connectivity index (χ4v) is 3.72. The van der Waals surface area contributed by atoms with Gasteiger partial charge in [-0.2, -0.15) is 0 Å². The van der Waals surface area contributed by atoms with Crippen LogP contribution in [0.2, 0.25) is 0 Å². The number of carbonyl (C=O) groups excluding carboxylic acids is 1. The van der Waals surface area contributed by atoms with Crippen LogP contribution in [0, 0.1) is 6.92 Å². The van der Waals surface area contributed by atoms with Crippen LogP contribution in [-0.2, 0) is 0 Å². The van der Waals surface area contributed by atoms with Crippen LogP contribution in [0.1, 0.15) is 41.4 Å². The monoisotopic (exact) mass is 378 g/mol. The van der Waals surface area contributed by atoms with Crippen molar-refractivity contribution >= 4 is 28.3 Å². The summed E-state index contributed by atoms with van der Waals surface area (Å²) in [6.45, 7) is 5.99. The molecule has 2 N–H and O–H groups in total. The van der Waals surface area contributed by atoms with E-state index in [2.05, 4.69) is 33.8 Å². The zero-order chi connectivity index (χ0) is 19.1. The van der Waals surface area contributed by atoms with Crippen molar-refractivity contribution < 1.29 is 4.79 Å². The van der Waals surface area contributed by atoms with Crippen molar-refractivity contribution in [3.63, 3.8) is 0 Å². The molecule has 4 aromatic rings. The quantitative estimate of drug-likeness (QED) is 0.586. The molecule has 136 valence electrons. The molecule has 0 aliphatic rings. The average molecular weight is 378 g/mol. The van der Waals surface area contributed by atoms with Crippen molar-refractivity contribution in [1.29, 1.82) is 0 Å². The molecule has 4 aromatic heterocycles. The molecule has 0 spiro atoms. The Morgan fingerprint density at radius 3 is 2.70 bits per heavy atom. The Morgan fingerprint density at radius 1 is 1.22 bits per heavy atom. The summed E-state index contributed by atoms with van der Waals surface area (Å²) in [5, 5.41) is 3.57. The smallest absolute Gasteiger partial charge is 0.254 e. The fraction of sp³-hybridized carbons (Fsp3) is 0.211. The van der Waals surface area contributed by atoms with Gasteiger partial charge in [0.25, 0.3) is 5.91 Å². The van der Waals surface area contributed by atoms with E-state index in [9.17, 15) is 4.79 Å². The molecule has 7 nitrogen and oxygen atoms in total. The van der Waals surface area contributed by atoms with E-state index in [1.165, 1.54) is 11.3 Å². The number of pyridine rings is 1. The molecule has 4 rings (SSSR count). The van der Waals surface area contributed by atoms with Crippen LogP contribution >= 0.6 is 11.3 Å².